The van der Waals surface area contributed by atoms with E-state index in [0.29, 0.717) is 31.2 Å². The van der Waals surface area contributed by atoms with Gasteiger partial charge in [0.15, 0.2) is 0 Å². The molecule has 1 aliphatic heterocycles. The van der Waals surface area contributed by atoms with Crippen LogP contribution in [0.3, 0.4) is 0 Å². The summed E-state index contributed by atoms with van der Waals surface area (Å²) in [6.07, 6.45) is 5.85. The third-order valence-corrected chi connectivity index (χ3v) is 4.25. The summed E-state index contributed by atoms with van der Waals surface area (Å²) in [6, 6.07) is 9.80. The monoisotopic (exact) mass is 328 g/mol. The fourth-order valence-corrected chi connectivity index (χ4v) is 2.96. The van der Waals surface area contributed by atoms with Crippen LogP contribution in [0, 0.1) is 11.7 Å². The maximum absolute atomic E-state index is 12.9. The Hall–Kier alpha value is -2.43. The molecular formula is C19H21FN2O2. The number of carbonyl (C=O) groups is 1. The number of nitrogens with zero attached hydrogens (tertiary/aromatic N) is 2. The highest BCUT2D eigenvalue weighted by atomic mass is 19.1. The summed E-state index contributed by atoms with van der Waals surface area (Å²) in [6.45, 7) is 2.05. The van der Waals surface area contributed by atoms with Crippen LogP contribution in [0.5, 0.6) is 5.75 Å². The van der Waals surface area contributed by atoms with Crippen molar-refractivity contribution in [1.29, 1.82) is 0 Å². The minimum absolute atomic E-state index is 0.134. The van der Waals surface area contributed by atoms with Crippen molar-refractivity contribution >= 4 is 5.91 Å². The number of benzene rings is 1. The van der Waals surface area contributed by atoms with Gasteiger partial charge in [-0.05, 0) is 48.7 Å². The number of ether oxygens (including phenoxy) is 1. The lowest BCUT2D eigenvalue weighted by Crippen LogP contribution is -2.42. The van der Waals surface area contributed by atoms with E-state index in [4.69, 9.17) is 4.74 Å². The number of carbonyl (C=O) groups excluding carboxylic acids is 1. The largest absolute Gasteiger partial charge is 0.493 e. The van der Waals surface area contributed by atoms with Crippen molar-refractivity contribution in [2.24, 2.45) is 5.92 Å². The lowest BCUT2D eigenvalue weighted by molar-refractivity contribution is -0.132. The van der Waals surface area contributed by atoms with E-state index in [1.165, 1.54) is 12.1 Å². The minimum Gasteiger partial charge on any atom is -0.493 e. The molecule has 0 N–H and O–H groups in total. The number of pyridine rings is 1. The van der Waals surface area contributed by atoms with Gasteiger partial charge in [-0.1, -0.05) is 6.07 Å². The number of rotatable bonds is 5. The van der Waals surface area contributed by atoms with Gasteiger partial charge in [0, 0.05) is 31.4 Å². The molecule has 24 heavy (non-hydrogen) atoms. The van der Waals surface area contributed by atoms with Crippen molar-refractivity contribution < 1.29 is 13.9 Å². The maximum Gasteiger partial charge on any atom is 0.227 e. The highest BCUT2D eigenvalue weighted by Gasteiger charge is 2.24. The predicted molar refractivity (Wildman–Crippen MR) is 89.1 cm³/mol. The van der Waals surface area contributed by atoms with Gasteiger partial charge < -0.3 is 9.64 Å². The van der Waals surface area contributed by atoms with Crippen LogP contribution in [-0.2, 0) is 11.2 Å². The van der Waals surface area contributed by atoms with E-state index in [9.17, 15) is 9.18 Å². The first-order valence-electron chi connectivity index (χ1n) is 8.26. The second kappa shape index (κ2) is 7.90. The van der Waals surface area contributed by atoms with Gasteiger partial charge in [0.1, 0.15) is 11.6 Å². The first kappa shape index (κ1) is 16.4. The molecule has 2 heterocycles. The summed E-state index contributed by atoms with van der Waals surface area (Å²) >= 11 is 0. The molecule has 126 valence electrons. The molecule has 2 aromatic rings. The molecule has 1 fully saturated rings. The number of hydrogen-bond acceptors (Lipinski definition) is 3. The quantitative estimate of drug-likeness (QED) is 0.847. The Bertz CT molecular complexity index is 661. The number of hydrogen-bond donors (Lipinski definition) is 0. The van der Waals surface area contributed by atoms with Gasteiger partial charge in [-0.15, -0.1) is 0 Å². The van der Waals surface area contributed by atoms with Gasteiger partial charge in [0.05, 0.1) is 13.0 Å². The van der Waals surface area contributed by atoms with Crippen LogP contribution in [0.15, 0.2) is 48.8 Å². The predicted octanol–water partition coefficient (Wildman–Crippen LogP) is 3.08. The van der Waals surface area contributed by atoms with E-state index in [-0.39, 0.29) is 11.7 Å². The molecule has 0 saturated carbocycles. The van der Waals surface area contributed by atoms with Crippen molar-refractivity contribution in [3.05, 3.63) is 60.2 Å². The average Bonchev–Trinajstić information content (AvgIpc) is 2.62. The molecule has 4 nitrogen and oxygen atoms in total. The van der Waals surface area contributed by atoms with Gasteiger partial charge in [-0.2, -0.15) is 0 Å². The van der Waals surface area contributed by atoms with E-state index in [2.05, 4.69) is 4.98 Å². The summed E-state index contributed by atoms with van der Waals surface area (Å²) in [5, 5.41) is 0. The lowest BCUT2D eigenvalue weighted by Gasteiger charge is -2.32. The number of halogens is 1. The first-order chi connectivity index (χ1) is 11.7. The third-order valence-electron chi connectivity index (χ3n) is 4.25. The zero-order chi connectivity index (χ0) is 16.8. The molecule has 5 heteroatoms. The Morgan fingerprint density at radius 3 is 2.88 bits per heavy atom. The second-order valence-electron chi connectivity index (χ2n) is 6.15. The third kappa shape index (κ3) is 4.54. The van der Waals surface area contributed by atoms with Gasteiger partial charge in [0.2, 0.25) is 5.91 Å². The zero-order valence-corrected chi connectivity index (χ0v) is 13.5. The Morgan fingerprint density at radius 2 is 2.12 bits per heavy atom. The Balaban J connectivity index is 1.50. The highest BCUT2D eigenvalue weighted by Crippen LogP contribution is 2.20. The summed E-state index contributed by atoms with van der Waals surface area (Å²) in [4.78, 5) is 18.4. The molecule has 1 aliphatic rings. The highest BCUT2D eigenvalue weighted by molar-refractivity contribution is 5.78. The SMILES string of the molecule is O=C(Cc1cccnc1)N1CCCC(COc2ccc(F)cc2)C1. The molecule has 1 aromatic heterocycles. The molecule has 0 radical (unpaired) electrons. The van der Waals surface area contributed by atoms with Crippen molar-refractivity contribution in [2.45, 2.75) is 19.3 Å². The molecule has 1 atom stereocenters. The van der Waals surface area contributed by atoms with Crippen LogP contribution in [0.1, 0.15) is 18.4 Å². The molecule has 1 aromatic carbocycles. The summed E-state index contributed by atoms with van der Waals surface area (Å²) < 4.78 is 18.6. The molecule has 1 saturated heterocycles. The number of aromatic nitrogens is 1. The van der Waals surface area contributed by atoms with Gasteiger partial charge in [0.25, 0.3) is 0 Å². The second-order valence-corrected chi connectivity index (χ2v) is 6.15. The number of likely N-dealkylation sites (tertiary alicyclic amines) is 1. The summed E-state index contributed by atoms with van der Waals surface area (Å²) in [5.41, 5.74) is 0.937. The minimum atomic E-state index is -0.271. The smallest absolute Gasteiger partial charge is 0.227 e. The van der Waals surface area contributed by atoms with Crippen LogP contribution in [-0.4, -0.2) is 35.5 Å². The van der Waals surface area contributed by atoms with Crippen molar-refractivity contribution in [2.75, 3.05) is 19.7 Å². The molecule has 1 amide bonds. The van der Waals surface area contributed by atoms with Crippen LogP contribution in [0.4, 0.5) is 4.39 Å². The molecule has 0 aliphatic carbocycles. The summed E-state index contributed by atoms with van der Waals surface area (Å²) in [7, 11) is 0. The van der Waals surface area contributed by atoms with Gasteiger partial charge in [-0.3, -0.25) is 9.78 Å². The van der Waals surface area contributed by atoms with E-state index in [1.807, 2.05) is 17.0 Å². The molecular weight excluding hydrogens is 307 g/mol. The maximum atomic E-state index is 12.9. The van der Waals surface area contributed by atoms with Crippen molar-refractivity contribution in [3.8, 4) is 5.75 Å². The van der Waals surface area contributed by atoms with Crippen molar-refractivity contribution in [3.63, 3.8) is 0 Å². The average molecular weight is 328 g/mol. The molecule has 0 bridgehead atoms. The molecule has 3 rings (SSSR count). The van der Waals surface area contributed by atoms with Gasteiger partial charge >= 0.3 is 0 Å². The van der Waals surface area contributed by atoms with Crippen LogP contribution < -0.4 is 4.74 Å². The number of piperidine rings is 1. The standard InChI is InChI=1S/C19H21FN2O2/c20-17-5-7-18(8-6-17)24-14-16-4-2-10-22(13-16)19(23)11-15-3-1-9-21-12-15/h1,3,5-9,12,16H,2,4,10-11,13-14H2. The van der Waals surface area contributed by atoms with Crippen LogP contribution >= 0.6 is 0 Å². The summed E-state index contributed by atoms with van der Waals surface area (Å²) in [5.74, 6) is 0.832. The van der Waals surface area contributed by atoms with Gasteiger partial charge in [-0.25, -0.2) is 4.39 Å². The fraction of sp³-hybridized carbons (Fsp3) is 0.368. The normalized spacial score (nSPS) is 17.5. The lowest BCUT2D eigenvalue weighted by atomic mass is 9.98. The fourth-order valence-electron chi connectivity index (χ4n) is 2.96. The molecule has 1 unspecified atom stereocenters. The number of amides is 1. The molecule has 0 spiro atoms. The van der Waals surface area contributed by atoms with E-state index in [1.54, 1.807) is 24.5 Å². The first-order valence-corrected chi connectivity index (χ1v) is 8.26. The Morgan fingerprint density at radius 1 is 1.29 bits per heavy atom. The Kier molecular flexibility index (Phi) is 5.41. The van der Waals surface area contributed by atoms with E-state index in [0.717, 1.165) is 24.9 Å². The topological polar surface area (TPSA) is 42.4 Å². The van der Waals surface area contributed by atoms with E-state index < -0.39 is 0 Å². The Labute approximate surface area is 141 Å². The van der Waals surface area contributed by atoms with Crippen LogP contribution in [0.25, 0.3) is 0 Å². The van der Waals surface area contributed by atoms with Crippen molar-refractivity contribution in [1.82, 2.24) is 9.88 Å². The zero-order valence-electron chi connectivity index (χ0n) is 13.5. The van der Waals surface area contributed by atoms with Crippen LogP contribution in [0.2, 0.25) is 0 Å². The van der Waals surface area contributed by atoms with E-state index >= 15 is 0 Å².